The summed E-state index contributed by atoms with van der Waals surface area (Å²) in [7, 11) is 0. The number of para-hydroxylation sites is 1. The molecule has 1 saturated carbocycles. The van der Waals surface area contributed by atoms with E-state index in [1.54, 1.807) is 34.9 Å². The van der Waals surface area contributed by atoms with Crippen molar-refractivity contribution in [1.82, 2.24) is 14.9 Å². The Morgan fingerprint density at radius 3 is 2.55 bits per heavy atom. The van der Waals surface area contributed by atoms with Crippen LogP contribution in [-0.4, -0.2) is 46.2 Å². The Balaban J connectivity index is 1.25. The van der Waals surface area contributed by atoms with E-state index in [0.29, 0.717) is 39.7 Å². The Morgan fingerprint density at radius 2 is 1.82 bits per heavy atom. The molecule has 38 heavy (non-hydrogen) atoms. The first-order valence-corrected chi connectivity index (χ1v) is 14.6. The smallest absolute Gasteiger partial charge is 0.262 e. The molecule has 1 aromatic heterocycles. The van der Waals surface area contributed by atoms with Crippen LogP contribution in [0.25, 0.3) is 10.9 Å². The van der Waals surface area contributed by atoms with Gasteiger partial charge in [-0.15, -0.1) is 0 Å². The van der Waals surface area contributed by atoms with E-state index < -0.39 is 0 Å². The minimum atomic E-state index is -0.0894. The predicted octanol–water partition coefficient (Wildman–Crippen LogP) is 5.13. The van der Waals surface area contributed by atoms with Gasteiger partial charge in [-0.1, -0.05) is 35.5 Å². The summed E-state index contributed by atoms with van der Waals surface area (Å²) < 4.78 is 7.34. The molecule has 0 radical (unpaired) electrons. The van der Waals surface area contributed by atoms with E-state index in [-0.39, 0.29) is 40.9 Å². The van der Waals surface area contributed by atoms with Gasteiger partial charge in [0.25, 0.3) is 5.56 Å². The molecule has 9 heteroatoms. The number of nitrogens with zero attached hydrogens (tertiary/aromatic N) is 2. The highest BCUT2D eigenvalue weighted by Crippen LogP contribution is 2.31. The van der Waals surface area contributed by atoms with Crippen LogP contribution in [0.1, 0.15) is 48.9 Å². The van der Waals surface area contributed by atoms with E-state index in [0.717, 1.165) is 45.1 Å². The molecule has 1 amide bonds. The van der Waals surface area contributed by atoms with Gasteiger partial charge in [0, 0.05) is 36.2 Å². The SMILES string of the molecule is O=C(CSc1nc2ccccc2c(=O)n1CC1CCC(C(=O)NC[C@H]2CCCO2)CC1)c1ccc(Cl)cc1. The Morgan fingerprint density at radius 1 is 1.05 bits per heavy atom. The van der Waals surface area contributed by atoms with Crippen LogP contribution in [0.3, 0.4) is 0 Å². The van der Waals surface area contributed by atoms with Crippen LogP contribution >= 0.6 is 23.4 Å². The summed E-state index contributed by atoms with van der Waals surface area (Å²) in [5, 5.41) is 4.77. The Bertz CT molecular complexity index is 1350. The number of rotatable bonds is 9. The van der Waals surface area contributed by atoms with Crippen LogP contribution < -0.4 is 10.9 Å². The van der Waals surface area contributed by atoms with Crippen molar-refractivity contribution in [2.45, 2.75) is 56.3 Å². The van der Waals surface area contributed by atoms with E-state index in [4.69, 9.17) is 21.3 Å². The number of Topliss-reactive ketones (excluding diaryl/α,β-unsaturated/α-hetero) is 1. The van der Waals surface area contributed by atoms with Gasteiger partial charge >= 0.3 is 0 Å². The fourth-order valence-electron chi connectivity index (χ4n) is 5.30. The van der Waals surface area contributed by atoms with Crippen molar-refractivity contribution in [3.05, 3.63) is 69.5 Å². The van der Waals surface area contributed by atoms with Crippen molar-refractivity contribution in [1.29, 1.82) is 0 Å². The summed E-state index contributed by atoms with van der Waals surface area (Å²) in [6, 6.07) is 14.1. The van der Waals surface area contributed by atoms with Gasteiger partial charge in [0.1, 0.15) is 0 Å². The molecule has 0 bridgehead atoms. The fraction of sp³-hybridized carbons (Fsp3) is 0.448. The molecule has 1 aliphatic heterocycles. The molecule has 0 spiro atoms. The van der Waals surface area contributed by atoms with Gasteiger partial charge in [0.15, 0.2) is 10.9 Å². The average Bonchev–Trinajstić information content (AvgIpc) is 3.47. The zero-order valence-corrected chi connectivity index (χ0v) is 22.8. The van der Waals surface area contributed by atoms with Crippen molar-refractivity contribution >= 4 is 46.0 Å². The normalized spacial score (nSPS) is 21.4. The number of halogens is 1. The summed E-state index contributed by atoms with van der Waals surface area (Å²) in [6.07, 6.45) is 5.54. The zero-order valence-electron chi connectivity index (χ0n) is 21.2. The zero-order chi connectivity index (χ0) is 26.5. The summed E-state index contributed by atoms with van der Waals surface area (Å²) in [4.78, 5) is 43.7. The first kappa shape index (κ1) is 26.9. The quantitative estimate of drug-likeness (QED) is 0.224. The maximum atomic E-state index is 13.5. The van der Waals surface area contributed by atoms with Gasteiger partial charge in [-0.3, -0.25) is 19.0 Å². The molecule has 1 N–H and O–H groups in total. The largest absolute Gasteiger partial charge is 0.376 e. The lowest BCUT2D eigenvalue weighted by Gasteiger charge is -2.29. The summed E-state index contributed by atoms with van der Waals surface area (Å²) in [5.41, 5.74) is 1.11. The average molecular weight is 554 g/mol. The molecule has 1 saturated heterocycles. The first-order chi connectivity index (χ1) is 18.5. The number of aromatic nitrogens is 2. The summed E-state index contributed by atoms with van der Waals surface area (Å²) in [5.74, 6) is 0.508. The van der Waals surface area contributed by atoms with Gasteiger partial charge in [-0.05, 0) is 80.8 Å². The van der Waals surface area contributed by atoms with Crippen LogP contribution in [0, 0.1) is 11.8 Å². The van der Waals surface area contributed by atoms with E-state index >= 15 is 0 Å². The molecular formula is C29H32ClN3O4S. The monoisotopic (exact) mass is 553 g/mol. The molecule has 200 valence electrons. The van der Waals surface area contributed by atoms with Crippen molar-refractivity contribution < 1.29 is 14.3 Å². The molecule has 2 heterocycles. The summed E-state index contributed by atoms with van der Waals surface area (Å²) in [6.45, 7) is 1.90. The lowest BCUT2D eigenvalue weighted by molar-refractivity contribution is -0.126. The predicted molar refractivity (Wildman–Crippen MR) is 150 cm³/mol. The number of thioether (sulfide) groups is 1. The lowest BCUT2D eigenvalue weighted by atomic mass is 9.81. The van der Waals surface area contributed by atoms with E-state index in [2.05, 4.69) is 5.32 Å². The number of amides is 1. The number of ketones is 1. The third-order valence-corrected chi connectivity index (χ3v) is 8.74. The first-order valence-electron chi connectivity index (χ1n) is 13.3. The number of ether oxygens (including phenoxy) is 1. The minimum absolute atomic E-state index is 0.00458. The molecule has 0 unspecified atom stereocenters. The highest BCUT2D eigenvalue weighted by Gasteiger charge is 2.28. The Kier molecular flexibility index (Phi) is 8.82. The van der Waals surface area contributed by atoms with Crippen molar-refractivity contribution in [3.63, 3.8) is 0 Å². The van der Waals surface area contributed by atoms with E-state index in [1.165, 1.54) is 11.8 Å². The molecule has 7 nitrogen and oxygen atoms in total. The van der Waals surface area contributed by atoms with Crippen LogP contribution in [0.5, 0.6) is 0 Å². The number of hydrogen-bond donors (Lipinski definition) is 1. The number of carbonyl (C=O) groups is 2. The van der Waals surface area contributed by atoms with Crippen LogP contribution in [0.4, 0.5) is 0 Å². The standard InChI is InChI=1S/C29H32ClN3O4S/c30-22-13-11-20(12-14-22)26(34)18-38-29-32-25-6-2-1-5-24(25)28(36)33(29)17-19-7-9-21(10-8-19)27(35)31-16-23-4-3-15-37-23/h1-2,5-6,11-14,19,21,23H,3-4,7-10,15-18H2,(H,31,35)/t19?,21?,23-/m1/s1. The second-order valence-corrected chi connectivity index (χ2v) is 11.5. The second kappa shape index (κ2) is 12.5. The second-order valence-electron chi connectivity index (χ2n) is 10.1. The molecular weight excluding hydrogens is 522 g/mol. The highest BCUT2D eigenvalue weighted by atomic mass is 35.5. The number of carbonyl (C=O) groups excluding carboxylic acids is 2. The van der Waals surface area contributed by atoms with Gasteiger partial charge in [0.2, 0.25) is 5.91 Å². The number of hydrogen-bond acceptors (Lipinski definition) is 6. The van der Waals surface area contributed by atoms with Crippen LogP contribution in [-0.2, 0) is 16.1 Å². The van der Waals surface area contributed by atoms with Crippen molar-refractivity contribution in [3.8, 4) is 0 Å². The van der Waals surface area contributed by atoms with Crippen molar-refractivity contribution in [2.75, 3.05) is 18.9 Å². The minimum Gasteiger partial charge on any atom is -0.376 e. The number of fused-ring (bicyclic) bond motifs is 1. The molecule has 2 aliphatic rings. The highest BCUT2D eigenvalue weighted by molar-refractivity contribution is 7.99. The molecule has 5 rings (SSSR count). The summed E-state index contributed by atoms with van der Waals surface area (Å²) >= 11 is 7.24. The van der Waals surface area contributed by atoms with Gasteiger partial charge < -0.3 is 10.1 Å². The Labute approximate surface area is 231 Å². The lowest BCUT2D eigenvalue weighted by Crippen LogP contribution is -2.38. The van der Waals surface area contributed by atoms with E-state index in [9.17, 15) is 14.4 Å². The molecule has 3 aromatic rings. The van der Waals surface area contributed by atoms with Gasteiger partial charge in [-0.25, -0.2) is 4.98 Å². The molecule has 2 fully saturated rings. The third kappa shape index (κ3) is 6.47. The fourth-order valence-corrected chi connectivity index (χ4v) is 6.33. The topological polar surface area (TPSA) is 90.3 Å². The third-order valence-electron chi connectivity index (χ3n) is 7.51. The van der Waals surface area contributed by atoms with Crippen LogP contribution in [0.2, 0.25) is 5.02 Å². The Hall–Kier alpha value is -2.68. The molecule has 1 aliphatic carbocycles. The molecule has 1 atom stereocenters. The van der Waals surface area contributed by atoms with Crippen LogP contribution in [0.15, 0.2) is 58.5 Å². The van der Waals surface area contributed by atoms with Crippen molar-refractivity contribution in [2.24, 2.45) is 11.8 Å². The number of nitrogens with one attached hydrogen (secondary N) is 1. The maximum absolute atomic E-state index is 13.5. The van der Waals surface area contributed by atoms with Gasteiger partial charge in [-0.2, -0.15) is 0 Å². The molecule has 2 aromatic carbocycles. The van der Waals surface area contributed by atoms with Gasteiger partial charge in [0.05, 0.1) is 22.8 Å². The maximum Gasteiger partial charge on any atom is 0.262 e. The van der Waals surface area contributed by atoms with E-state index in [1.807, 2.05) is 18.2 Å². The number of benzene rings is 2.